The van der Waals surface area contributed by atoms with E-state index in [1.54, 1.807) is 0 Å². The highest BCUT2D eigenvalue weighted by molar-refractivity contribution is 7.96. The fourth-order valence-corrected chi connectivity index (χ4v) is 8.46. The summed E-state index contributed by atoms with van der Waals surface area (Å²) in [6.45, 7) is 0. The molecule has 1 aliphatic rings. The Balaban J connectivity index is 1.93. The lowest BCUT2D eigenvalue weighted by atomic mass is 10.2. The number of nitriles is 1. The zero-order valence-corrected chi connectivity index (χ0v) is 16.9. The van der Waals surface area contributed by atoms with Gasteiger partial charge in [-0.15, -0.1) is 0 Å². The minimum Gasteiger partial charge on any atom is -0.280 e. The van der Waals surface area contributed by atoms with E-state index in [1.165, 1.54) is 42.5 Å². The first-order chi connectivity index (χ1) is 13.0. The fourth-order valence-electron chi connectivity index (χ4n) is 2.88. The lowest BCUT2D eigenvalue weighted by Gasteiger charge is -2.12. The second-order valence-electron chi connectivity index (χ2n) is 6.34. The lowest BCUT2D eigenvalue weighted by molar-refractivity contribution is 0.582. The van der Waals surface area contributed by atoms with Gasteiger partial charge in [-0.05, 0) is 42.8 Å². The highest BCUT2D eigenvalue weighted by Crippen LogP contribution is 2.27. The molecule has 0 spiro atoms. The second kappa shape index (κ2) is 7.20. The maximum Gasteiger partial charge on any atom is 0.261 e. The summed E-state index contributed by atoms with van der Waals surface area (Å²) in [6, 6.07) is 12.5. The molecule has 148 valence electrons. The van der Waals surface area contributed by atoms with Crippen molar-refractivity contribution in [3.63, 3.8) is 0 Å². The van der Waals surface area contributed by atoms with Crippen LogP contribution in [-0.4, -0.2) is 42.0 Å². The third-order valence-electron chi connectivity index (χ3n) is 4.32. The molecule has 1 fully saturated rings. The number of sulfonamides is 1. The van der Waals surface area contributed by atoms with Crippen LogP contribution >= 0.6 is 0 Å². The van der Waals surface area contributed by atoms with Crippen molar-refractivity contribution in [1.29, 1.82) is 5.26 Å². The Bertz CT molecular complexity index is 1280. The minimum atomic E-state index is -4.11. The maximum absolute atomic E-state index is 12.7. The van der Waals surface area contributed by atoms with Crippen molar-refractivity contribution in [2.24, 2.45) is 0 Å². The van der Waals surface area contributed by atoms with Gasteiger partial charge in [0.05, 0.1) is 43.9 Å². The Kier molecular flexibility index (Phi) is 5.22. The first-order valence-electron chi connectivity index (χ1n) is 8.11. The summed E-state index contributed by atoms with van der Waals surface area (Å²) < 4.78 is 76.2. The van der Waals surface area contributed by atoms with Crippen LogP contribution in [0.3, 0.4) is 0 Å². The maximum atomic E-state index is 12.7. The predicted octanol–water partition coefficient (Wildman–Crippen LogP) is 1.32. The Morgan fingerprint density at radius 2 is 1.68 bits per heavy atom. The van der Waals surface area contributed by atoms with Crippen LogP contribution in [0.2, 0.25) is 0 Å². The molecule has 0 unspecified atom stereocenters. The molecule has 8 nitrogen and oxygen atoms in total. The van der Waals surface area contributed by atoms with Crippen LogP contribution in [0.1, 0.15) is 12.0 Å². The van der Waals surface area contributed by atoms with Gasteiger partial charge in [0.15, 0.2) is 19.7 Å². The number of nitrogens with zero attached hydrogens (tertiary/aromatic N) is 1. The molecule has 0 aromatic heterocycles. The standard InChI is InChI=1S/C17H16N2O6S3/c18-11-13-3-1-4-14(9-13)19-28(24,25)16-6-2-5-15(10-16)27(22,23)17-7-8-26(20,21)12-17/h1-6,9-10,17,19H,7-8,12H2/t17-/m0/s1. The van der Waals surface area contributed by atoms with Gasteiger partial charge in [0, 0.05) is 0 Å². The molecule has 1 N–H and O–H groups in total. The summed E-state index contributed by atoms with van der Waals surface area (Å²) in [6.07, 6.45) is -0.0130. The molecule has 3 rings (SSSR count). The molecule has 1 aliphatic heterocycles. The van der Waals surface area contributed by atoms with E-state index in [2.05, 4.69) is 4.72 Å². The topological polar surface area (TPSA) is 138 Å². The molecule has 0 saturated carbocycles. The highest BCUT2D eigenvalue weighted by atomic mass is 32.2. The molecule has 0 radical (unpaired) electrons. The van der Waals surface area contributed by atoms with Gasteiger partial charge in [-0.25, -0.2) is 25.3 Å². The van der Waals surface area contributed by atoms with Gasteiger partial charge in [0.1, 0.15) is 0 Å². The van der Waals surface area contributed by atoms with Gasteiger partial charge in [-0.2, -0.15) is 5.26 Å². The largest absolute Gasteiger partial charge is 0.280 e. The van der Waals surface area contributed by atoms with E-state index in [-0.39, 0.29) is 33.2 Å². The summed E-state index contributed by atoms with van der Waals surface area (Å²) >= 11 is 0. The van der Waals surface area contributed by atoms with E-state index in [4.69, 9.17) is 5.26 Å². The Morgan fingerprint density at radius 1 is 1.00 bits per heavy atom. The molecule has 0 aliphatic carbocycles. The van der Waals surface area contributed by atoms with Crippen LogP contribution in [-0.2, 0) is 29.7 Å². The number of hydrogen-bond donors (Lipinski definition) is 1. The first kappa shape index (κ1) is 20.3. The molecule has 11 heteroatoms. The normalized spacial score (nSPS) is 19.0. The SMILES string of the molecule is N#Cc1cccc(NS(=O)(=O)c2cccc(S(=O)(=O)[C@H]3CCS(=O)(=O)C3)c2)c1. The van der Waals surface area contributed by atoms with Crippen LogP contribution < -0.4 is 4.72 Å². The average molecular weight is 441 g/mol. The molecule has 0 amide bonds. The minimum absolute atomic E-state index is 0.0130. The van der Waals surface area contributed by atoms with E-state index in [0.717, 1.165) is 6.07 Å². The highest BCUT2D eigenvalue weighted by Gasteiger charge is 2.38. The van der Waals surface area contributed by atoms with E-state index < -0.39 is 40.7 Å². The smallest absolute Gasteiger partial charge is 0.261 e. The van der Waals surface area contributed by atoms with Crippen molar-refractivity contribution in [2.75, 3.05) is 16.2 Å². The van der Waals surface area contributed by atoms with Crippen molar-refractivity contribution >= 4 is 35.4 Å². The molecule has 2 aromatic rings. The number of sulfone groups is 2. The molecule has 1 atom stereocenters. The van der Waals surface area contributed by atoms with Crippen LogP contribution in [0.25, 0.3) is 0 Å². The van der Waals surface area contributed by atoms with Crippen LogP contribution in [0, 0.1) is 11.3 Å². The van der Waals surface area contributed by atoms with Gasteiger partial charge in [-0.1, -0.05) is 12.1 Å². The van der Waals surface area contributed by atoms with Gasteiger partial charge < -0.3 is 0 Å². The van der Waals surface area contributed by atoms with Crippen LogP contribution in [0.15, 0.2) is 58.3 Å². The number of hydrogen-bond acceptors (Lipinski definition) is 7. The third-order valence-corrected chi connectivity index (χ3v) is 9.87. The van der Waals surface area contributed by atoms with E-state index >= 15 is 0 Å². The summed E-state index contributed by atoms with van der Waals surface area (Å²) in [5, 5.41) is 7.82. The van der Waals surface area contributed by atoms with Gasteiger partial charge >= 0.3 is 0 Å². The molecule has 2 aromatic carbocycles. The summed E-state index contributed by atoms with van der Waals surface area (Å²) in [7, 11) is -11.5. The van der Waals surface area contributed by atoms with Crippen molar-refractivity contribution in [2.45, 2.75) is 21.5 Å². The number of anilines is 1. The predicted molar refractivity (Wildman–Crippen MR) is 103 cm³/mol. The third kappa shape index (κ3) is 4.19. The number of nitrogens with one attached hydrogen (secondary N) is 1. The van der Waals surface area contributed by atoms with E-state index in [0.29, 0.717) is 0 Å². The van der Waals surface area contributed by atoms with Crippen molar-refractivity contribution in [3.05, 3.63) is 54.1 Å². The summed E-state index contributed by atoms with van der Waals surface area (Å²) in [5.41, 5.74) is 0.424. The molecule has 0 bridgehead atoms. The summed E-state index contributed by atoms with van der Waals surface area (Å²) in [5.74, 6) is -0.669. The first-order valence-corrected chi connectivity index (χ1v) is 13.0. The Hall–Kier alpha value is -2.42. The van der Waals surface area contributed by atoms with E-state index in [9.17, 15) is 25.3 Å². The summed E-state index contributed by atoms with van der Waals surface area (Å²) in [4.78, 5) is -0.528. The van der Waals surface area contributed by atoms with Gasteiger partial charge in [-0.3, -0.25) is 4.72 Å². The lowest BCUT2D eigenvalue weighted by Crippen LogP contribution is -2.23. The van der Waals surface area contributed by atoms with Crippen molar-refractivity contribution in [1.82, 2.24) is 0 Å². The van der Waals surface area contributed by atoms with Gasteiger partial charge in [0.2, 0.25) is 0 Å². The van der Waals surface area contributed by atoms with Crippen LogP contribution in [0.4, 0.5) is 5.69 Å². The zero-order valence-electron chi connectivity index (χ0n) is 14.4. The number of benzene rings is 2. The van der Waals surface area contributed by atoms with Crippen molar-refractivity contribution in [3.8, 4) is 6.07 Å². The fraction of sp³-hybridized carbons (Fsp3) is 0.235. The van der Waals surface area contributed by atoms with E-state index in [1.807, 2.05) is 6.07 Å². The Labute approximate surface area is 163 Å². The average Bonchev–Trinajstić information content (AvgIpc) is 3.02. The Morgan fingerprint density at radius 3 is 2.32 bits per heavy atom. The second-order valence-corrected chi connectivity index (χ2v) is 12.5. The molecular formula is C17H16N2O6S3. The molecule has 1 saturated heterocycles. The zero-order chi connectivity index (χ0) is 20.6. The molecular weight excluding hydrogens is 424 g/mol. The molecule has 1 heterocycles. The molecule has 28 heavy (non-hydrogen) atoms. The number of rotatable bonds is 5. The monoisotopic (exact) mass is 440 g/mol. The van der Waals surface area contributed by atoms with Crippen molar-refractivity contribution < 1.29 is 25.3 Å². The van der Waals surface area contributed by atoms with Gasteiger partial charge in [0.25, 0.3) is 10.0 Å². The van der Waals surface area contributed by atoms with Crippen LogP contribution in [0.5, 0.6) is 0 Å². The quantitative estimate of drug-likeness (QED) is 0.740.